The fourth-order valence-corrected chi connectivity index (χ4v) is 3.03. The molecule has 3 rings (SSSR count). The third-order valence-corrected chi connectivity index (χ3v) is 4.34. The number of rotatable bonds is 7. The van der Waals surface area contributed by atoms with Crippen molar-refractivity contribution in [3.63, 3.8) is 0 Å². The van der Waals surface area contributed by atoms with Crippen molar-refractivity contribution in [2.75, 3.05) is 7.11 Å². The Bertz CT molecular complexity index is 989. The molecule has 2 N–H and O–H groups in total. The van der Waals surface area contributed by atoms with Gasteiger partial charge < -0.3 is 19.6 Å². The lowest BCUT2D eigenvalue weighted by Gasteiger charge is -2.13. The van der Waals surface area contributed by atoms with Crippen LogP contribution in [0.4, 0.5) is 0 Å². The summed E-state index contributed by atoms with van der Waals surface area (Å²) in [5, 5.41) is 16.7. The van der Waals surface area contributed by atoms with Gasteiger partial charge in [0.2, 0.25) is 5.91 Å². The Morgan fingerprint density at radius 3 is 2.85 bits per heavy atom. The zero-order valence-corrected chi connectivity index (χ0v) is 15.4. The van der Waals surface area contributed by atoms with Crippen LogP contribution in [0.1, 0.15) is 28.4 Å². The first-order chi connectivity index (χ1) is 12.9. The van der Waals surface area contributed by atoms with E-state index < -0.39 is 5.97 Å². The molecule has 0 bridgehead atoms. The Balaban J connectivity index is 1.64. The summed E-state index contributed by atoms with van der Waals surface area (Å²) in [6, 6.07) is 3.53. The van der Waals surface area contributed by atoms with Crippen molar-refractivity contribution in [2.24, 2.45) is 0 Å². The van der Waals surface area contributed by atoms with Crippen LogP contribution in [-0.4, -0.2) is 39.9 Å². The quantitative estimate of drug-likeness (QED) is 0.660. The van der Waals surface area contributed by atoms with Crippen molar-refractivity contribution in [1.29, 1.82) is 0 Å². The van der Waals surface area contributed by atoms with Crippen LogP contribution in [-0.2, 0) is 17.8 Å². The highest BCUT2D eigenvalue weighted by molar-refractivity contribution is 5.90. The zero-order valence-electron chi connectivity index (χ0n) is 15.4. The van der Waals surface area contributed by atoms with Gasteiger partial charge in [-0.05, 0) is 26.0 Å². The molecule has 1 aromatic carbocycles. The molecule has 0 spiro atoms. The van der Waals surface area contributed by atoms with Crippen molar-refractivity contribution < 1.29 is 23.8 Å². The number of amides is 1. The maximum absolute atomic E-state index is 12.4. The van der Waals surface area contributed by atoms with Crippen molar-refractivity contribution in [3.8, 4) is 5.75 Å². The van der Waals surface area contributed by atoms with Gasteiger partial charge in [-0.15, -0.1) is 0 Å². The van der Waals surface area contributed by atoms with E-state index in [-0.39, 0.29) is 23.9 Å². The number of carbonyl (C=O) groups is 2. The van der Waals surface area contributed by atoms with E-state index in [4.69, 9.17) is 14.3 Å². The molecule has 2 heterocycles. The van der Waals surface area contributed by atoms with E-state index in [2.05, 4.69) is 10.4 Å². The van der Waals surface area contributed by atoms with Gasteiger partial charge in [-0.25, -0.2) is 4.79 Å². The van der Waals surface area contributed by atoms with Crippen LogP contribution in [0.3, 0.4) is 0 Å². The molecule has 0 aliphatic carbocycles. The minimum absolute atomic E-state index is 0.115. The topological polar surface area (TPSA) is 107 Å². The van der Waals surface area contributed by atoms with E-state index >= 15 is 0 Å². The van der Waals surface area contributed by atoms with Crippen molar-refractivity contribution in [2.45, 2.75) is 32.9 Å². The number of nitrogens with zero attached hydrogens (tertiary/aromatic N) is 2. The highest BCUT2D eigenvalue weighted by Gasteiger charge is 2.16. The number of carboxylic acid groups (broad SMARTS) is 1. The van der Waals surface area contributed by atoms with Crippen molar-refractivity contribution >= 4 is 22.8 Å². The predicted octanol–water partition coefficient (Wildman–Crippen LogP) is 2.39. The number of aromatic carboxylic acids is 1. The Kier molecular flexibility index (Phi) is 5.16. The number of benzene rings is 1. The first kappa shape index (κ1) is 18.5. The van der Waals surface area contributed by atoms with Crippen molar-refractivity contribution in [3.05, 3.63) is 47.5 Å². The summed E-state index contributed by atoms with van der Waals surface area (Å²) in [4.78, 5) is 23.3. The molecule has 142 valence electrons. The van der Waals surface area contributed by atoms with Gasteiger partial charge >= 0.3 is 5.97 Å². The molecule has 0 fully saturated rings. The molecule has 8 heteroatoms. The number of carbonyl (C=O) groups excluding carboxylic acids is 1. The minimum Gasteiger partial charge on any atom is -0.496 e. The smallest absolute Gasteiger partial charge is 0.338 e. The monoisotopic (exact) mass is 371 g/mol. The van der Waals surface area contributed by atoms with Crippen LogP contribution in [0, 0.1) is 6.92 Å². The average molecular weight is 371 g/mol. The molecule has 0 saturated carbocycles. The molecule has 1 amide bonds. The number of hydrogen-bond acceptors (Lipinski definition) is 5. The number of aromatic nitrogens is 2. The number of fused-ring (bicyclic) bond motifs is 1. The molecule has 3 aromatic rings. The number of carboxylic acids is 1. The van der Waals surface area contributed by atoms with Gasteiger partial charge in [0.25, 0.3) is 0 Å². The van der Waals surface area contributed by atoms with Gasteiger partial charge in [0, 0.05) is 28.8 Å². The molecular formula is C19H21N3O5. The Morgan fingerprint density at radius 2 is 2.19 bits per heavy atom. The molecule has 0 aliphatic rings. The van der Waals surface area contributed by atoms with Crippen LogP contribution in [0.2, 0.25) is 0 Å². The summed E-state index contributed by atoms with van der Waals surface area (Å²) >= 11 is 0. The number of ether oxygens (including phenoxy) is 1. The summed E-state index contributed by atoms with van der Waals surface area (Å²) in [5.41, 5.74) is 2.52. The lowest BCUT2D eigenvalue weighted by atomic mass is 10.1. The normalized spacial score (nSPS) is 12.1. The second-order valence-electron chi connectivity index (χ2n) is 6.43. The SMILES string of the molecule is COc1ccc2c(CC(=O)NC(C)Cn3cc(C(=O)O)cn3)coc2c1C. The molecule has 0 aliphatic heterocycles. The number of hydrogen-bond donors (Lipinski definition) is 2. The van der Waals surface area contributed by atoms with Gasteiger partial charge in [-0.1, -0.05) is 0 Å². The van der Waals surface area contributed by atoms with Crippen LogP contribution >= 0.6 is 0 Å². The van der Waals surface area contributed by atoms with Crippen LogP contribution in [0.15, 0.2) is 35.2 Å². The summed E-state index contributed by atoms with van der Waals surface area (Å²) in [6.45, 7) is 4.12. The number of methoxy groups -OCH3 is 1. The first-order valence-electron chi connectivity index (χ1n) is 8.47. The maximum Gasteiger partial charge on any atom is 0.338 e. The second kappa shape index (κ2) is 7.53. The number of nitrogens with one attached hydrogen (secondary N) is 1. The minimum atomic E-state index is -1.03. The van der Waals surface area contributed by atoms with Gasteiger partial charge in [0.1, 0.15) is 11.3 Å². The molecular weight excluding hydrogens is 350 g/mol. The van der Waals surface area contributed by atoms with E-state index in [0.717, 1.165) is 22.3 Å². The van der Waals surface area contributed by atoms with Gasteiger partial charge in [-0.3, -0.25) is 9.48 Å². The predicted molar refractivity (Wildman–Crippen MR) is 98.0 cm³/mol. The zero-order chi connectivity index (χ0) is 19.6. The summed E-state index contributed by atoms with van der Waals surface area (Å²) in [7, 11) is 1.60. The standard InChI is InChI=1S/C19H21N3O5/c1-11(8-22-9-14(7-20-22)19(24)25)21-17(23)6-13-10-27-18-12(2)16(26-3)5-4-15(13)18/h4-5,7,9-11H,6,8H2,1-3H3,(H,21,23)(H,24,25). The second-order valence-corrected chi connectivity index (χ2v) is 6.43. The first-order valence-corrected chi connectivity index (χ1v) is 8.47. The van der Waals surface area contributed by atoms with E-state index in [9.17, 15) is 9.59 Å². The Labute approximate surface area is 155 Å². The van der Waals surface area contributed by atoms with Crippen molar-refractivity contribution in [1.82, 2.24) is 15.1 Å². The van der Waals surface area contributed by atoms with E-state index in [1.807, 2.05) is 26.0 Å². The Morgan fingerprint density at radius 1 is 1.41 bits per heavy atom. The van der Waals surface area contributed by atoms with Gasteiger partial charge in [0.05, 0.1) is 38.1 Å². The molecule has 2 aromatic heterocycles. The maximum atomic E-state index is 12.4. The average Bonchev–Trinajstić information content (AvgIpc) is 3.23. The fourth-order valence-electron chi connectivity index (χ4n) is 3.03. The summed E-state index contributed by atoms with van der Waals surface area (Å²) in [6.07, 6.45) is 4.49. The van der Waals surface area contributed by atoms with Crippen LogP contribution in [0.5, 0.6) is 5.75 Å². The molecule has 27 heavy (non-hydrogen) atoms. The van der Waals surface area contributed by atoms with E-state index in [1.165, 1.54) is 17.1 Å². The molecule has 0 saturated heterocycles. The molecule has 0 radical (unpaired) electrons. The Hall–Kier alpha value is -3.29. The summed E-state index contributed by atoms with van der Waals surface area (Å²) < 4.78 is 12.4. The van der Waals surface area contributed by atoms with Crippen LogP contribution < -0.4 is 10.1 Å². The lowest BCUT2D eigenvalue weighted by Crippen LogP contribution is -2.36. The molecule has 1 unspecified atom stereocenters. The van der Waals surface area contributed by atoms with Crippen LogP contribution in [0.25, 0.3) is 11.0 Å². The third kappa shape index (κ3) is 3.94. The highest BCUT2D eigenvalue weighted by Crippen LogP contribution is 2.30. The number of aryl methyl sites for hydroxylation is 1. The van der Waals surface area contributed by atoms with E-state index in [1.54, 1.807) is 13.4 Å². The van der Waals surface area contributed by atoms with Gasteiger partial charge in [0.15, 0.2) is 0 Å². The third-order valence-electron chi connectivity index (χ3n) is 4.34. The number of furan rings is 1. The summed E-state index contributed by atoms with van der Waals surface area (Å²) in [5.74, 6) is -0.442. The molecule has 8 nitrogen and oxygen atoms in total. The highest BCUT2D eigenvalue weighted by atomic mass is 16.5. The van der Waals surface area contributed by atoms with Gasteiger partial charge in [-0.2, -0.15) is 5.10 Å². The molecule has 1 atom stereocenters. The van der Waals surface area contributed by atoms with E-state index in [0.29, 0.717) is 12.1 Å². The fraction of sp³-hybridized carbons (Fsp3) is 0.316. The lowest BCUT2D eigenvalue weighted by molar-refractivity contribution is -0.121. The largest absolute Gasteiger partial charge is 0.496 e.